The summed E-state index contributed by atoms with van der Waals surface area (Å²) in [6, 6.07) is 14.2. The molecule has 1 aromatic carbocycles. The first-order valence-corrected chi connectivity index (χ1v) is 6.39. The van der Waals surface area contributed by atoms with E-state index in [1.165, 1.54) is 0 Å². The van der Waals surface area contributed by atoms with Crippen molar-refractivity contribution in [3.05, 3.63) is 65.4 Å². The SMILES string of the molecule is O=C(Nc1cccc(Cl)c1)c1ccc2cccnc2n1. The first kappa shape index (κ1) is 12.6. The topological polar surface area (TPSA) is 54.9 Å². The minimum absolute atomic E-state index is 0.292. The van der Waals surface area contributed by atoms with Crippen LogP contribution >= 0.6 is 11.6 Å². The van der Waals surface area contributed by atoms with E-state index in [9.17, 15) is 4.79 Å². The first-order valence-electron chi connectivity index (χ1n) is 6.01. The van der Waals surface area contributed by atoms with Gasteiger partial charge >= 0.3 is 0 Å². The van der Waals surface area contributed by atoms with Gasteiger partial charge in [-0.2, -0.15) is 0 Å². The highest BCUT2D eigenvalue weighted by molar-refractivity contribution is 6.30. The Bertz CT molecular complexity index is 789. The third-order valence-electron chi connectivity index (χ3n) is 2.78. The second kappa shape index (κ2) is 5.27. The molecule has 0 spiro atoms. The summed E-state index contributed by atoms with van der Waals surface area (Å²) in [4.78, 5) is 20.5. The summed E-state index contributed by atoms with van der Waals surface area (Å²) in [5, 5.41) is 4.21. The number of amides is 1. The molecule has 3 aromatic rings. The molecule has 0 aliphatic heterocycles. The molecule has 0 saturated heterocycles. The zero-order valence-corrected chi connectivity index (χ0v) is 11.1. The second-order valence-electron chi connectivity index (χ2n) is 4.21. The highest BCUT2D eigenvalue weighted by atomic mass is 35.5. The quantitative estimate of drug-likeness (QED) is 0.783. The summed E-state index contributed by atoms with van der Waals surface area (Å²) in [6.07, 6.45) is 1.65. The average molecular weight is 284 g/mol. The molecule has 1 amide bonds. The molecule has 0 aliphatic carbocycles. The lowest BCUT2D eigenvalue weighted by molar-refractivity contribution is 0.102. The molecule has 5 heteroatoms. The number of anilines is 1. The molecule has 0 atom stereocenters. The lowest BCUT2D eigenvalue weighted by atomic mass is 10.2. The van der Waals surface area contributed by atoms with Crippen LogP contribution in [0, 0.1) is 0 Å². The van der Waals surface area contributed by atoms with Crippen LogP contribution < -0.4 is 5.32 Å². The molecule has 2 heterocycles. The molecule has 0 saturated carbocycles. The van der Waals surface area contributed by atoms with Crippen LogP contribution in [-0.2, 0) is 0 Å². The molecule has 0 fully saturated rings. The van der Waals surface area contributed by atoms with Crippen LogP contribution in [0.2, 0.25) is 5.02 Å². The lowest BCUT2D eigenvalue weighted by Gasteiger charge is -2.05. The average Bonchev–Trinajstić information content (AvgIpc) is 2.47. The Hall–Kier alpha value is -2.46. The molecule has 0 radical (unpaired) electrons. The normalized spacial score (nSPS) is 10.4. The number of carbonyl (C=O) groups is 1. The zero-order valence-electron chi connectivity index (χ0n) is 10.4. The maximum absolute atomic E-state index is 12.1. The van der Waals surface area contributed by atoms with E-state index in [2.05, 4.69) is 15.3 Å². The number of nitrogens with zero attached hydrogens (tertiary/aromatic N) is 2. The summed E-state index contributed by atoms with van der Waals surface area (Å²) >= 11 is 5.88. The molecule has 0 bridgehead atoms. The molecule has 20 heavy (non-hydrogen) atoms. The number of nitrogens with one attached hydrogen (secondary N) is 1. The van der Waals surface area contributed by atoms with E-state index >= 15 is 0 Å². The minimum Gasteiger partial charge on any atom is -0.321 e. The van der Waals surface area contributed by atoms with Crippen LogP contribution in [0.5, 0.6) is 0 Å². The lowest BCUT2D eigenvalue weighted by Crippen LogP contribution is -2.13. The molecule has 2 aromatic heterocycles. The molecule has 98 valence electrons. The monoisotopic (exact) mass is 283 g/mol. The van der Waals surface area contributed by atoms with Gasteiger partial charge in [0.2, 0.25) is 0 Å². The van der Waals surface area contributed by atoms with Crippen molar-refractivity contribution in [2.45, 2.75) is 0 Å². The zero-order chi connectivity index (χ0) is 13.9. The van der Waals surface area contributed by atoms with Crippen LogP contribution in [0.25, 0.3) is 11.0 Å². The van der Waals surface area contributed by atoms with Gasteiger partial charge in [0.25, 0.3) is 5.91 Å². The summed E-state index contributed by atoms with van der Waals surface area (Å²) in [6.45, 7) is 0. The number of pyridine rings is 2. The van der Waals surface area contributed by atoms with E-state index < -0.39 is 0 Å². The fraction of sp³-hybridized carbons (Fsp3) is 0. The summed E-state index contributed by atoms with van der Waals surface area (Å²) in [7, 11) is 0. The van der Waals surface area contributed by atoms with E-state index in [0.717, 1.165) is 5.39 Å². The molecule has 4 nitrogen and oxygen atoms in total. The van der Waals surface area contributed by atoms with Gasteiger partial charge in [0.1, 0.15) is 5.69 Å². The van der Waals surface area contributed by atoms with Crippen molar-refractivity contribution in [3.63, 3.8) is 0 Å². The van der Waals surface area contributed by atoms with Crippen molar-refractivity contribution in [1.29, 1.82) is 0 Å². The summed E-state index contributed by atoms with van der Waals surface area (Å²) < 4.78 is 0. The highest BCUT2D eigenvalue weighted by Crippen LogP contribution is 2.16. The van der Waals surface area contributed by atoms with Crippen LogP contribution in [-0.4, -0.2) is 15.9 Å². The van der Waals surface area contributed by atoms with Crippen LogP contribution in [0.15, 0.2) is 54.7 Å². The second-order valence-corrected chi connectivity index (χ2v) is 4.65. The molecule has 1 N–H and O–H groups in total. The number of fused-ring (bicyclic) bond motifs is 1. The number of hydrogen-bond donors (Lipinski definition) is 1. The Morgan fingerprint density at radius 3 is 2.85 bits per heavy atom. The van der Waals surface area contributed by atoms with Crippen LogP contribution in [0.1, 0.15) is 10.5 Å². The molecule has 3 rings (SSSR count). The standard InChI is InChI=1S/C15H10ClN3O/c16-11-4-1-5-12(9-11)18-15(20)13-7-6-10-3-2-8-17-14(10)19-13/h1-9H,(H,18,20). The third kappa shape index (κ3) is 2.60. The Morgan fingerprint density at radius 2 is 2.00 bits per heavy atom. The van der Waals surface area contributed by atoms with Crippen molar-refractivity contribution in [2.24, 2.45) is 0 Å². The molecule has 0 unspecified atom stereocenters. The smallest absolute Gasteiger partial charge is 0.274 e. The van der Waals surface area contributed by atoms with Gasteiger partial charge in [-0.25, -0.2) is 9.97 Å². The van der Waals surface area contributed by atoms with Gasteiger partial charge in [-0.05, 0) is 42.5 Å². The number of benzene rings is 1. The Kier molecular flexibility index (Phi) is 3.31. The van der Waals surface area contributed by atoms with Crippen molar-refractivity contribution < 1.29 is 4.79 Å². The predicted molar refractivity (Wildman–Crippen MR) is 78.9 cm³/mol. The first-order chi connectivity index (χ1) is 9.72. The van der Waals surface area contributed by atoms with Gasteiger partial charge in [0, 0.05) is 22.3 Å². The number of halogens is 1. The van der Waals surface area contributed by atoms with E-state index in [1.54, 1.807) is 36.5 Å². The maximum Gasteiger partial charge on any atom is 0.274 e. The van der Waals surface area contributed by atoms with Crippen LogP contribution in [0.4, 0.5) is 5.69 Å². The number of rotatable bonds is 2. The largest absolute Gasteiger partial charge is 0.321 e. The van der Waals surface area contributed by atoms with Gasteiger partial charge in [-0.3, -0.25) is 4.79 Å². The summed E-state index contributed by atoms with van der Waals surface area (Å²) in [5.41, 5.74) is 1.49. The van der Waals surface area contributed by atoms with E-state index in [0.29, 0.717) is 22.1 Å². The number of aromatic nitrogens is 2. The fourth-order valence-corrected chi connectivity index (χ4v) is 2.03. The summed E-state index contributed by atoms with van der Waals surface area (Å²) in [5.74, 6) is -0.292. The van der Waals surface area contributed by atoms with Gasteiger partial charge in [0.05, 0.1) is 0 Å². The predicted octanol–water partition coefficient (Wildman–Crippen LogP) is 3.54. The Morgan fingerprint density at radius 1 is 1.10 bits per heavy atom. The van der Waals surface area contributed by atoms with E-state index in [-0.39, 0.29) is 5.91 Å². The van der Waals surface area contributed by atoms with Gasteiger partial charge in [-0.1, -0.05) is 17.7 Å². The Labute approximate surface area is 120 Å². The number of carbonyl (C=O) groups excluding carboxylic acids is 1. The minimum atomic E-state index is -0.292. The molecular formula is C15H10ClN3O. The van der Waals surface area contributed by atoms with Gasteiger partial charge < -0.3 is 5.32 Å². The maximum atomic E-state index is 12.1. The van der Waals surface area contributed by atoms with Gasteiger partial charge in [-0.15, -0.1) is 0 Å². The molecular weight excluding hydrogens is 274 g/mol. The van der Waals surface area contributed by atoms with Crippen molar-refractivity contribution in [3.8, 4) is 0 Å². The van der Waals surface area contributed by atoms with Gasteiger partial charge in [0.15, 0.2) is 5.65 Å². The van der Waals surface area contributed by atoms with Crippen molar-refractivity contribution >= 4 is 34.2 Å². The van der Waals surface area contributed by atoms with E-state index in [1.807, 2.05) is 18.2 Å². The Balaban J connectivity index is 1.88. The van der Waals surface area contributed by atoms with Crippen molar-refractivity contribution in [2.75, 3.05) is 5.32 Å². The fourth-order valence-electron chi connectivity index (χ4n) is 1.84. The number of hydrogen-bond acceptors (Lipinski definition) is 3. The highest BCUT2D eigenvalue weighted by Gasteiger charge is 2.09. The van der Waals surface area contributed by atoms with E-state index in [4.69, 9.17) is 11.6 Å². The third-order valence-corrected chi connectivity index (χ3v) is 3.01. The van der Waals surface area contributed by atoms with Crippen LogP contribution in [0.3, 0.4) is 0 Å². The van der Waals surface area contributed by atoms with Crippen molar-refractivity contribution in [1.82, 2.24) is 9.97 Å². The molecule has 0 aliphatic rings.